The first-order valence-electron chi connectivity index (χ1n) is 15.6. The van der Waals surface area contributed by atoms with Crippen molar-refractivity contribution in [3.63, 3.8) is 0 Å². The Kier molecular flexibility index (Phi) is 10.5. The van der Waals surface area contributed by atoms with Crippen molar-refractivity contribution in [2.24, 2.45) is 5.41 Å². The van der Waals surface area contributed by atoms with Gasteiger partial charge in [-0.15, -0.1) is 0 Å². The number of benzene rings is 4. The zero-order valence-corrected chi connectivity index (χ0v) is 30.8. The van der Waals surface area contributed by atoms with E-state index in [4.69, 9.17) is 0 Å². The zero-order chi connectivity index (χ0) is 28.5. The maximum atomic E-state index is 2.58. The van der Waals surface area contributed by atoms with Crippen LogP contribution in [0.5, 0.6) is 0 Å². The van der Waals surface area contributed by atoms with Crippen LogP contribution in [0.4, 0.5) is 0 Å². The van der Waals surface area contributed by atoms with E-state index in [0.29, 0.717) is 5.92 Å². The molecule has 3 aliphatic carbocycles. The van der Waals surface area contributed by atoms with Crippen LogP contribution in [0.25, 0.3) is 33.4 Å². The minimum absolute atomic E-state index is 0. The summed E-state index contributed by atoms with van der Waals surface area (Å²) in [5.74, 6) is 0.387. The second-order valence-corrected chi connectivity index (χ2v) is 13.3. The Morgan fingerprint density at radius 3 is 1.41 bits per heavy atom. The van der Waals surface area contributed by atoms with E-state index in [1.165, 1.54) is 92.4 Å². The summed E-state index contributed by atoms with van der Waals surface area (Å²) >= 11 is 0. The van der Waals surface area contributed by atoms with E-state index in [0.717, 1.165) is 6.42 Å². The molecule has 7 rings (SSSR count). The largest absolute Gasteiger partial charge is 2.00 e. The van der Waals surface area contributed by atoms with Crippen LogP contribution < -0.4 is 24.8 Å². The number of rotatable bonds is 4. The van der Waals surface area contributed by atoms with Crippen molar-refractivity contribution in [3.8, 4) is 33.4 Å². The molecule has 0 amide bonds. The summed E-state index contributed by atoms with van der Waals surface area (Å²) < 4.78 is 0. The summed E-state index contributed by atoms with van der Waals surface area (Å²) in [6.45, 7) is 13.5. The fourth-order valence-corrected chi connectivity index (χ4v) is 9.06. The molecule has 0 heterocycles. The van der Waals surface area contributed by atoms with Crippen LogP contribution in [0.2, 0.25) is 0 Å². The third kappa shape index (κ3) is 5.57. The van der Waals surface area contributed by atoms with Crippen LogP contribution in [0, 0.1) is 47.0 Å². The van der Waals surface area contributed by atoms with Crippen molar-refractivity contribution in [2.75, 3.05) is 0 Å². The normalized spacial score (nSPS) is 16.0. The van der Waals surface area contributed by atoms with Crippen molar-refractivity contribution >= 4 is 0 Å². The molecule has 4 aromatic carbocycles. The van der Waals surface area contributed by atoms with Gasteiger partial charge < -0.3 is 24.8 Å². The number of fused-ring (bicyclic) bond motifs is 3. The number of hydrogen-bond donors (Lipinski definition) is 0. The smallest absolute Gasteiger partial charge is 1.00 e. The van der Waals surface area contributed by atoms with Crippen LogP contribution in [-0.2, 0) is 26.2 Å². The van der Waals surface area contributed by atoms with Crippen LogP contribution in [-0.4, -0.2) is 0 Å². The minimum Gasteiger partial charge on any atom is -1.00 e. The molecule has 44 heavy (non-hydrogen) atoms. The molecule has 4 aromatic rings. The monoisotopic (exact) mass is 694 g/mol. The Balaban J connectivity index is 0.00000147. The molecule has 0 unspecified atom stereocenters. The molecular formula is C41H42Cl2Zr. The molecule has 1 fully saturated rings. The van der Waals surface area contributed by atoms with Gasteiger partial charge in [0.25, 0.3) is 0 Å². The van der Waals surface area contributed by atoms with Gasteiger partial charge in [-0.2, -0.15) is 0 Å². The molecule has 0 radical (unpaired) electrons. The Morgan fingerprint density at radius 2 is 1.02 bits per heavy atom. The minimum atomic E-state index is 0. The summed E-state index contributed by atoms with van der Waals surface area (Å²) in [5.41, 5.74) is 21.5. The maximum absolute atomic E-state index is 2.58. The van der Waals surface area contributed by atoms with Gasteiger partial charge in [0.1, 0.15) is 0 Å². The van der Waals surface area contributed by atoms with Gasteiger partial charge in [0.2, 0.25) is 0 Å². The molecule has 224 valence electrons. The molecule has 0 aromatic heterocycles. The van der Waals surface area contributed by atoms with E-state index in [-0.39, 0.29) is 56.4 Å². The SMILES string of the molecule is Cc1cc(C)c(-c2ccc3c(c2)C(C2(C4=CC=CC4)CCCC2)c2cc(-c4c(C)cc(C)cc4C)ccc2-3)c(C)c1.[Cl-].[Cl-].[Zr+2]. The molecule has 0 saturated heterocycles. The van der Waals surface area contributed by atoms with Crippen LogP contribution in [0.15, 0.2) is 84.5 Å². The summed E-state index contributed by atoms with van der Waals surface area (Å²) in [7, 11) is 0. The fourth-order valence-electron chi connectivity index (χ4n) is 9.06. The van der Waals surface area contributed by atoms with E-state index >= 15 is 0 Å². The molecule has 0 spiro atoms. The summed E-state index contributed by atoms with van der Waals surface area (Å²) in [6, 6.07) is 24.2. The second-order valence-electron chi connectivity index (χ2n) is 13.3. The average molecular weight is 697 g/mol. The van der Waals surface area contributed by atoms with E-state index in [9.17, 15) is 0 Å². The molecule has 1 saturated carbocycles. The van der Waals surface area contributed by atoms with Gasteiger partial charge in [0, 0.05) is 11.3 Å². The quantitative estimate of drug-likeness (QED) is 0.267. The van der Waals surface area contributed by atoms with E-state index in [1.807, 2.05) is 0 Å². The number of allylic oxidation sites excluding steroid dienone is 4. The van der Waals surface area contributed by atoms with Gasteiger partial charge in [-0.1, -0.05) is 96.3 Å². The van der Waals surface area contributed by atoms with Crippen molar-refractivity contribution in [3.05, 3.63) is 129 Å². The summed E-state index contributed by atoms with van der Waals surface area (Å²) in [6.07, 6.45) is 13.4. The molecule has 0 aliphatic heterocycles. The molecule has 0 nitrogen and oxygen atoms in total. The van der Waals surface area contributed by atoms with Gasteiger partial charge in [-0.3, -0.25) is 0 Å². The first-order chi connectivity index (χ1) is 19.8. The number of halogens is 2. The molecule has 3 heteroatoms. The second kappa shape index (κ2) is 13.3. The molecule has 0 atom stereocenters. The zero-order valence-electron chi connectivity index (χ0n) is 26.9. The topological polar surface area (TPSA) is 0 Å². The first-order valence-corrected chi connectivity index (χ1v) is 15.6. The Hall–Kier alpha value is -2.18. The number of aryl methyl sites for hydroxylation is 6. The van der Waals surface area contributed by atoms with Gasteiger partial charge in [-0.05, 0) is 140 Å². The molecular weight excluding hydrogens is 655 g/mol. The Labute approximate surface area is 296 Å². The third-order valence-corrected chi connectivity index (χ3v) is 10.4. The summed E-state index contributed by atoms with van der Waals surface area (Å²) in [5, 5.41) is 0. The Morgan fingerprint density at radius 1 is 0.591 bits per heavy atom. The van der Waals surface area contributed by atoms with Gasteiger partial charge in [0.05, 0.1) is 0 Å². The standard InChI is InChI=1S/C41H42.2ClH.Zr/c1-25-19-27(3)38(28(4)20-25)31-13-15-34-35-16-14-32(39-29(5)21-26(2)22-30(39)6)24-37(35)40(36(34)23-31)41(17-9-10-18-41)33-11-7-8-12-33;;;/h7-8,11,13-16,19-24,40H,9-10,12,17-18H2,1-6H3;2*1H;/q;;;+2/p-2. The fraction of sp³-hybridized carbons (Fsp3) is 0.317. The number of hydrogen-bond acceptors (Lipinski definition) is 0. The van der Waals surface area contributed by atoms with Crippen molar-refractivity contribution in [1.29, 1.82) is 0 Å². The average Bonchev–Trinajstić information content (AvgIpc) is 3.67. The molecule has 0 bridgehead atoms. The van der Waals surface area contributed by atoms with Crippen molar-refractivity contribution < 1.29 is 51.0 Å². The van der Waals surface area contributed by atoms with Gasteiger partial charge >= 0.3 is 26.2 Å². The van der Waals surface area contributed by atoms with Gasteiger partial charge in [-0.25, -0.2) is 0 Å². The van der Waals surface area contributed by atoms with Crippen LogP contribution in [0.3, 0.4) is 0 Å². The predicted octanol–water partition coefficient (Wildman–Crippen LogP) is 5.44. The van der Waals surface area contributed by atoms with Crippen LogP contribution in [0.1, 0.15) is 82.5 Å². The molecule has 3 aliphatic rings. The maximum Gasteiger partial charge on any atom is 2.00 e. The molecule has 0 N–H and O–H groups in total. The first kappa shape index (κ1) is 34.7. The van der Waals surface area contributed by atoms with Crippen molar-refractivity contribution in [1.82, 2.24) is 0 Å². The van der Waals surface area contributed by atoms with E-state index < -0.39 is 0 Å². The van der Waals surface area contributed by atoms with Gasteiger partial charge in [0.15, 0.2) is 0 Å². The van der Waals surface area contributed by atoms with E-state index in [1.54, 1.807) is 16.7 Å². The predicted molar refractivity (Wildman–Crippen MR) is 176 cm³/mol. The Bertz CT molecular complexity index is 1630. The van der Waals surface area contributed by atoms with Crippen molar-refractivity contribution in [2.45, 2.75) is 79.6 Å². The third-order valence-electron chi connectivity index (χ3n) is 10.4. The summed E-state index contributed by atoms with van der Waals surface area (Å²) in [4.78, 5) is 0. The van der Waals surface area contributed by atoms with E-state index in [2.05, 4.69) is 120 Å². The van der Waals surface area contributed by atoms with Crippen LogP contribution >= 0.6 is 0 Å².